The van der Waals surface area contributed by atoms with Crippen molar-refractivity contribution in [3.63, 3.8) is 0 Å². The Morgan fingerprint density at radius 2 is 1.92 bits per heavy atom. The highest BCUT2D eigenvalue weighted by Gasteiger charge is 2.45. The third-order valence-electron chi connectivity index (χ3n) is 4.91. The van der Waals surface area contributed by atoms with E-state index in [0.717, 1.165) is 29.1 Å². The molecule has 5 nitrogen and oxygen atoms in total. The highest BCUT2D eigenvalue weighted by Crippen LogP contribution is 2.31. The van der Waals surface area contributed by atoms with Crippen LogP contribution in [0.5, 0.6) is 0 Å². The van der Waals surface area contributed by atoms with Gasteiger partial charge in [0.15, 0.2) is 0 Å². The molecule has 0 N–H and O–H groups in total. The van der Waals surface area contributed by atoms with Gasteiger partial charge in [-0.05, 0) is 43.9 Å². The van der Waals surface area contributed by atoms with E-state index in [2.05, 4.69) is 0 Å². The summed E-state index contributed by atoms with van der Waals surface area (Å²) in [6, 6.07) is 3.45. The van der Waals surface area contributed by atoms with Crippen LogP contribution in [0.25, 0.3) is 0 Å². The van der Waals surface area contributed by atoms with Crippen molar-refractivity contribution in [1.29, 1.82) is 0 Å². The molecule has 1 aromatic rings. The maximum Gasteiger partial charge on any atom is 0.243 e. The van der Waals surface area contributed by atoms with E-state index in [9.17, 15) is 17.6 Å². The zero-order chi connectivity index (χ0) is 18.2. The molecule has 0 aliphatic carbocycles. The molecule has 2 aliphatic heterocycles. The number of hydrogen-bond donors (Lipinski definition) is 0. The van der Waals surface area contributed by atoms with E-state index < -0.39 is 22.2 Å². The quantitative estimate of drug-likeness (QED) is 0.800. The highest BCUT2D eigenvalue weighted by atomic mass is 35.5. The van der Waals surface area contributed by atoms with Crippen molar-refractivity contribution >= 4 is 27.5 Å². The summed E-state index contributed by atoms with van der Waals surface area (Å²) in [5.74, 6) is -0.290. The summed E-state index contributed by atoms with van der Waals surface area (Å²) in [6.07, 6.45) is 1.43. The van der Waals surface area contributed by atoms with Gasteiger partial charge in [0.2, 0.25) is 15.9 Å². The second-order valence-corrected chi connectivity index (χ2v) is 9.02. The summed E-state index contributed by atoms with van der Waals surface area (Å²) < 4.78 is 41.0. The standard InChI is InChI=1S/C17H22ClFN2O3S/c1-12-5-6-14(10-15(12)18)25(23,24)21-11-13(19)9-16(21)17(22)20-7-3-2-4-8-20/h5-6,10,13,16H,2-4,7-9,11H2,1H3/t13-,16-/m0/s1. The van der Waals surface area contributed by atoms with Crippen LogP contribution in [0, 0.1) is 6.92 Å². The van der Waals surface area contributed by atoms with Crippen LogP contribution in [0.4, 0.5) is 4.39 Å². The number of likely N-dealkylation sites (tertiary alicyclic amines) is 1. The Morgan fingerprint density at radius 1 is 1.24 bits per heavy atom. The third kappa shape index (κ3) is 3.68. The van der Waals surface area contributed by atoms with Gasteiger partial charge in [-0.25, -0.2) is 12.8 Å². The van der Waals surface area contributed by atoms with Crippen molar-refractivity contribution in [2.45, 2.75) is 49.7 Å². The van der Waals surface area contributed by atoms with Crippen LogP contribution in [0.1, 0.15) is 31.2 Å². The Balaban J connectivity index is 1.89. The minimum absolute atomic E-state index is 0.00589. The number of carbonyl (C=O) groups is 1. The number of benzene rings is 1. The van der Waals surface area contributed by atoms with Gasteiger partial charge in [-0.15, -0.1) is 0 Å². The predicted octanol–water partition coefficient (Wildman–Crippen LogP) is 2.76. The average Bonchev–Trinajstić information content (AvgIpc) is 3.00. The molecular formula is C17H22ClFN2O3S. The molecular weight excluding hydrogens is 367 g/mol. The fourth-order valence-electron chi connectivity index (χ4n) is 3.44. The molecule has 0 radical (unpaired) electrons. The first-order chi connectivity index (χ1) is 11.8. The van der Waals surface area contributed by atoms with E-state index in [4.69, 9.17) is 11.6 Å². The zero-order valence-electron chi connectivity index (χ0n) is 14.1. The summed E-state index contributed by atoms with van der Waals surface area (Å²) in [5, 5.41) is 0.330. The lowest BCUT2D eigenvalue weighted by Crippen LogP contribution is -2.49. The lowest BCUT2D eigenvalue weighted by molar-refractivity contribution is -0.135. The molecule has 2 atom stereocenters. The van der Waals surface area contributed by atoms with Crippen LogP contribution in [-0.2, 0) is 14.8 Å². The Kier molecular flexibility index (Phi) is 5.37. The highest BCUT2D eigenvalue weighted by molar-refractivity contribution is 7.89. The van der Waals surface area contributed by atoms with Crippen LogP contribution >= 0.6 is 11.6 Å². The molecule has 0 unspecified atom stereocenters. The van der Waals surface area contributed by atoms with Gasteiger partial charge in [-0.1, -0.05) is 17.7 Å². The van der Waals surface area contributed by atoms with Gasteiger partial charge in [0.05, 0.1) is 4.90 Å². The second kappa shape index (κ2) is 7.21. The van der Waals surface area contributed by atoms with Gasteiger partial charge in [-0.3, -0.25) is 4.79 Å². The van der Waals surface area contributed by atoms with E-state index >= 15 is 0 Å². The zero-order valence-corrected chi connectivity index (χ0v) is 15.7. The lowest BCUT2D eigenvalue weighted by atomic mass is 10.1. The first-order valence-corrected chi connectivity index (χ1v) is 10.3. The Labute approximate surface area is 152 Å². The van der Waals surface area contributed by atoms with E-state index in [-0.39, 0.29) is 23.8 Å². The third-order valence-corrected chi connectivity index (χ3v) is 7.19. The van der Waals surface area contributed by atoms with Crippen LogP contribution in [0.2, 0.25) is 5.02 Å². The first kappa shape index (κ1) is 18.6. The molecule has 0 bridgehead atoms. The van der Waals surface area contributed by atoms with Gasteiger partial charge in [0.25, 0.3) is 0 Å². The maximum atomic E-state index is 14.0. The van der Waals surface area contributed by atoms with Gasteiger partial charge in [0.1, 0.15) is 12.2 Å². The molecule has 2 aliphatic rings. The summed E-state index contributed by atoms with van der Waals surface area (Å²) in [6.45, 7) is 2.69. The van der Waals surface area contributed by atoms with E-state index in [1.807, 2.05) is 0 Å². The van der Waals surface area contributed by atoms with Crippen molar-refractivity contribution in [2.24, 2.45) is 0 Å². The van der Waals surface area contributed by atoms with Crippen molar-refractivity contribution in [2.75, 3.05) is 19.6 Å². The largest absolute Gasteiger partial charge is 0.341 e. The number of nitrogens with zero attached hydrogens (tertiary/aromatic N) is 2. The Bertz CT molecular complexity index is 765. The normalized spacial score (nSPS) is 25.3. The number of piperidine rings is 1. The molecule has 138 valence electrons. The minimum Gasteiger partial charge on any atom is -0.341 e. The van der Waals surface area contributed by atoms with Crippen LogP contribution in [-0.4, -0.2) is 55.4 Å². The average molecular weight is 389 g/mol. The number of halogens is 2. The molecule has 8 heteroatoms. The number of alkyl halides is 1. The van der Waals surface area contributed by atoms with E-state index in [1.54, 1.807) is 17.9 Å². The number of carbonyl (C=O) groups excluding carboxylic acids is 1. The first-order valence-electron chi connectivity index (χ1n) is 8.51. The summed E-state index contributed by atoms with van der Waals surface area (Å²) in [5.41, 5.74) is 0.756. The topological polar surface area (TPSA) is 57.7 Å². The van der Waals surface area contributed by atoms with Gasteiger partial charge >= 0.3 is 0 Å². The smallest absolute Gasteiger partial charge is 0.243 e. The number of hydrogen-bond acceptors (Lipinski definition) is 3. The molecule has 25 heavy (non-hydrogen) atoms. The Morgan fingerprint density at radius 3 is 2.56 bits per heavy atom. The molecule has 2 fully saturated rings. The van der Waals surface area contributed by atoms with Crippen molar-refractivity contribution in [3.05, 3.63) is 28.8 Å². The number of sulfonamides is 1. The molecule has 0 saturated carbocycles. The SMILES string of the molecule is Cc1ccc(S(=O)(=O)N2C[C@@H](F)C[C@H]2C(=O)N2CCCCC2)cc1Cl. The summed E-state index contributed by atoms with van der Waals surface area (Å²) in [7, 11) is -3.98. The molecule has 3 rings (SSSR count). The monoisotopic (exact) mass is 388 g/mol. The van der Waals surface area contributed by atoms with Crippen LogP contribution < -0.4 is 0 Å². The van der Waals surface area contributed by atoms with Gasteiger partial charge < -0.3 is 4.90 Å². The van der Waals surface area contributed by atoms with Crippen molar-refractivity contribution in [3.8, 4) is 0 Å². The maximum absolute atomic E-state index is 14.0. The second-order valence-electron chi connectivity index (χ2n) is 6.72. The molecule has 0 spiro atoms. The number of rotatable bonds is 3. The molecule has 1 aromatic carbocycles. The van der Waals surface area contributed by atoms with Crippen LogP contribution in [0.3, 0.4) is 0 Å². The molecule has 0 aromatic heterocycles. The fourth-order valence-corrected chi connectivity index (χ4v) is 5.33. The predicted molar refractivity (Wildman–Crippen MR) is 93.8 cm³/mol. The number of amides is 1. The molecule has 1 amide bonds. The van der Waals surface area contributed by atoms with Crippen molar-refractivity contribution < 1.29 is 17.6 Å². The number of aryl methyl sites for hydroxylation is 1. The summed E-state index contributed by atoms with van der Waals surface area (Å²) >= 11 is 6.04. The minimum atomic E-state index is -3.98. The lowest BCUT2D eigenvalue weighted by Gasteiger charge is -2.32. The van der Waals surface area contributed by atoms with Gasteiger partial charge in [0, 0.05) is 31.1 Å². The Hall–Kier alpha value is -1.18. The van der Waals surface area contributed by atoms with Gasteiger partial charge in [-0.2, -0.15) is 4.31 Å². The van der Waals surface area contributed by atoms with Crippen LogP contribution in [0.15, 0.2) is 23.1 Å². The summed E-state index contributed by atoms with van der Waals surface area (Å²) in [4.78, 5) is 14.4. The van der Waals surface area contributed by atoms with E-state index in [0.29, 0.717) is 18.1 Å². The molecule has 2 heterocycles. The fraction of sp³-hybridized carbons (Fsp3) is 0.588. The van der Waals surface area contributed by atoms with Crippen molar-refractivity contribution in [1.82, 2.24) is 9.21 Å². The molecule has 2 saturated heterocycles. The van der Waals surface area contributed by atoms with E-state index in [1.165, 1.54) is 12.1 Å².